The maximum atomic E-state index is 13.1. The van der Waals surface area contributed by atoms with E-state index in [0.717, 1.165) is 15.6 Å². The third-order valence-corrected chi connectivity index (χ3v) is 2.91. The molecule has 1 aromatic heterocycles. The zero-order valence-corrected chi connectivity index (χ0v) is 8.07. The van der Waals surface area contributed by atoms with Gasteiger partial charge >= 0.3 is 0 Å². The fourth-order valence-corrected chi connectivity index (χ4v) is 1.71. The van der Waals surface area contributed by atoms with Crippen LogP contribution in [-0.2, 0) is 0 Å². The van der Waals surface area contributed by atoms with E-state index in [1.54, 1.807) is 6.07 Å². The van der Waals surface area contributed by atoms with Crippen molar-refractivity contribution >= 4 is 26.8 Å². The first-order valence-corrected chi connectivity index (χ1v) is 4.41. The maximum absolute atomic E-state index is 13.1. The third kappa shape index (κ3) is 0.966. The highest BCUT2D eigenvalue weighted by Crippen LogP contribution is 2.28. The van der Waals surface area contributed by atoms with Crippen LogP contribution in [0.15, 0.2) is 22.7 Å². The molecule has 1 heterocycles. The van der Waals surface area contributed by atoms with Gasteiger partial charge in [0.25, 0.3) is 0 Å². The van der Waals surface area contributed by atoms with Crippen molar-refractivity contribution in [3.8, 4) is 0 Å². The van der Waals surface area contributed by atoms with Gasteiger partial charge in [-0.15, -0.1) is 0 Å². The number of aromatic nitrogens is 1. The molecule has 1 N–H and O–H groups in total. The van der Waals surface area contributed by atoms with Crippen LogP contribution in [-0.4, -0.2) is 4.98 Å². The van der Waals surface area contributed by atoms with Gasteiger partial charge in [0.05, 0.1) is 5.52 Å². The molecular formula is C9H7BrFN. The summed E-state index contributed by atoms with van der Waals surface area (Å²) in [5.74, 6) is -0.207. The Morgan fingerprint density at radius 2 is 2.17 bits per heavy atom. The van der Waals surface area contributed by atoms with Gasteiger partial charge in [-0.05, 0) is 28.9 Å². The summed E-state index contributed by atoms with van der Waals surface area (Å²) in [7, 11) is 0. The van der Waals surface area contributed by atoms with Gasteiger partial charge in [-0.3, -0.25) is 0 Å². The number of hydrogen-bond acceptors (Lipinski definition) is 0. The fraction of sp³-hybridized carbons (Fsp3) is 0.111. The van der Waals surface area contributed by atoms with Crippen molar-refractivity contribution in [2.45, 2.75) is 6.92 Å². The molecule has 0 aliphatic rings. The molecule has 0 aliphatic carbocycles. The lowest BCUT2D eigenvalue weighted by atomic mass is 10.2. The van der Waals surface area contributed by atoms with Crippen molar-refractivity contribution in [3.05, 3.63) is 34.2 Å². The number of para-hydroxylation sites is 1. The summed E-state index contributed by atoms with van der Waals surface area (Å²) in [5, 5.41) is 0.896. The minimum Gasteiger partial charge on any atom is -0.355 e. The van der Waals surface area contributed by atoms with Gasteiger partial charge < -0.3 is 4.98 Å². The molecule has 0 atom stereocenters. The van der Waals surface area contributed by atoms with E-state index in [1.165, 1.54) is 6.07 Å². The van der Waals surface area contributed by atoms with Gasteiger partial charge in [0.2, 0.25) is 0 Å². The Hall–Kier alpha value is -0.830. The summed E-state index contributed by atoms with van der Waals surface area (Å²) in [4.78, 5) is 2.97. The van der Waals surface area contributed by atoms with Crippen molar-refractivity contribution in [2.75, 3.05) is 0 Å². The van der Waals surface area contributed by atoms with Gasteiger partial charge in [0.15, 0.2) is 0 Å². The number of benzene rings is 1. The number of nitrogens with one attached hydrogen (secondary N) is 1. The van der Waals surface area contributed by atoms with E-state index >= 15 is 0 Å². The zero-order valence-electron chi connectivity index (χ0n) is 6.49. The number of aryl methyl sites for hydroxylation is 1. The van der Waals surface area contributed by atoms with Crippen LogP contribution < -0.4 is 0 Å². The van der Waals surface area contributed by atoms with Gasteiger partial charge in [0, 0.05) is 15.6 Å². The molecule has 0 radical (unpaired) electrons. The van der Waals surface area contributed by atoms with Crippen molar-refractivity contribution in [2.24, 2.45) is 0 Å². The topological polar surface area (TPSA) is 15.8 Å². The SMILES string of the molecule is Cc1[nH]c2c(F)cccc2c1Br. The summed E-state index contributed by atoms with van der Waals surface area (Å²) in [6.45, 7) is 1.91. The standard InChI is InChI=1S/C9H7BrFN/c1-5-8(10)6-3-2-4-7(11)9(6)12-5/h2-4,12H,1H3. The molecule has 0 amide bonds. The zero-order chi connectivity index (χ0) is 8.72. The van der Waals surface area contributed by atoms with Crippen LogP contribution >= 0.6 is 15.9 Å². The van der Waals surface area contributed by atoms with Crippen molar-refractivity contribution in [1.82, 2.24) is 4.98 Å². The first-order valence-electron chi connectivity index (χ1n) is 3.62. The highest BCUT2D eigenvalue weighted by Gasteiger charge is 2.07. The number of H-pyrrole nitrogens is 1. The largest absolute Gasteiger partial charge is 0.355 e. The van der Waals surface area contributed by atoms with Gasteiger partial charge in [0.1, 0.15) is 5.82 Å². The number of hydrogen-bond donors (Lipinski definition) is 1. The second-order valence-corrected chi connectivity index (χ2v) is 3.52. The fourth-order valence-electron chi connectivity index (χ4n) is 1.28. The number of fused-ring (bicyclic) bond motifs is 1. The summed E-state index contributed by atoms with van der Waals surface area (Å²) < 4.78 is 14.1. The lowest BCUT2D eigenvalue weighted by molar-refractivity contribution is 0.637. The molecule has 0 bridgehead atoms. The Balaban J connectivity index is 2.95. The molecule has 1 aromatic carbocycles. The summed E-state index contributed by atoms with van der Waals surface area (Å²) in [6, 6.07) is 5.03. The summed E-state index contributed by atoms with van der Waals surface area (Å²) in [6.07, 6.45) is 0. The molecule has 62 valence electrons. The predicted molar refractivity (Wildman–Crippen MR) is 50.7 cm³/mol. The van der Waals surface area contributed by atoms with Crippen LogP contribution in [0.4, 0.5) is 4.39 Å². The Labute approximate surface area is 77.7 Å². The van der Waals surface area contributed by atoms with Crippen LogP contribution in [0.1, 0.15) is 5.69 Å². The van der Waals surface area contributed by atoms with Crippen LogP contribution in [0, 0.1) is 12.7 Å². The van der Waals surface area contributed by atoms with Crippen LogP contribution in [0.3, 0.4) is 0 Å². The molecule has 0 unspecified atom stereocenters. The minimum absolute atomic E-state index is 0.207. The molecular weight excluding hydrogens is 221 g/mol. The van der Waals surface area contributed by atoms with Gasteiger partial charge in [-0.1, -0.05) is 12.1 Å². The molecule has 0 aliphatic heterocycles. The van der Waals surface area contributed by atoms with Crippen LogP contribution in [0.2, 0.25) is 0 Å². The van der Waals surface area contributed by atoms with Crippen molar-refractivity contribution in [3.63, 3.8) is 0 Å². The number of halogens is 2. The lowest BCUT2D eigenvalue weighted by Crippen LogP contribution is -1.75. The quantitative estimate of drug-likeness (QED) is 0.711. The van der Waals surface area contributed by atoms with E-state index in [9.17, 15) is 4.39 Å². The lowest BCUT2D eigenvalue weighted by Gasteiger charge is -1.90. The molecule has 1 nitrogen and oxygen atoms in total. The molecule has 2 aromatic rings. The monoisotopic (exact) mass is 227 g/mol. The van der Waals surface area contributed by atoms with Crippen molar-refractivity contribution in [1.29, 1.82) is 0 Å². The molecule has 2 rings (SSSR count). The highest BCUT2D eigenvalue weighted by atomic mass is 79.9. The molecule has 0 saturated carbocycles. The van der Waals surface area contributed by atoms with E-state index in [0.29, 0.717) is 5.52 Å². The maximum Gasteiger partial charge on any atom is 0.147 e. The van der Waals surface area contributed by atoms with Gasteiger partial charge in [-0.25, -0.2) is 4.39 Å². The van der Waals surface area contributed by atoms with E-state index in [2.05, 4.69) is 20.9 Å². The average molecular weight is 228 g/mol. The first kappa shape index (κ1) is 7.80. The number of rotatable bonds is 0. The van der Waals surface area contributed by atoms with E-state index in [1.807, 2.05) is 13.0 Å². The second-order valence-electron chi connectivity index (χ2n) is 2.73. The number of aromatic amines is 1. The van der Waals surface area contributed by atoms with E-state index in [4.69, 9.17) is 0 Å². The minimum atomic E-state index is -0.207. The summed E-state index contributed by atoms with van der Waals surface area (Å²) >= 11 is 3.39. The summed E-state index contributed by atoms with van der Waals surface area (Å²) in [5.41, 5.74) is 1.52. The smallest absolute Gasteiger partial charge is 0.147 e. The molecule has 0 fully saturated rings. The van der Waals surface area contributed by atoms with E-state index in [-0.39, 0.29) is 5.82 Å². The van der Waals surface area contributed by atoms with Crippen LogP contribution in [0.5, 0.6) is 0 Å². The average Bonchev–Trinajstić information content (AvgIpc) is 2.32. The predicted octanol–water partition coefficient (Wildman–Crippen LogP) is 3.38. The van der Waals surface area contributed by atoms with Crippen molar-refractivity contribution < 1.29 is 4.39 Å². The normalized spacial score (nSPS) is 10.9. The Morgan fingerprint density at radius 3 is 2.83 bits per heavy atom. The van der Waals surface area contributed by atoms with E-state index < -0.39 is 0 Å². The Bertz CT molecular complexity index is 433. The third-order valence-electron chi connectivity index (χ3n) is 1.89. The van der Waals surface area contributed by atoms with Crippen LogP contribution in [0.25, 0.3) is 10.9 Å². The molecule has 0 spiro atoms. The van der Waals surface area contributed by atoms with Gasteiger partial charge in [-0.2, -0.15) is 0 Å². The Kier molecular flexibility index (Phi) is 1.68. The Morgan fingerprint density at radius 1 is 1.42 bits per heavy atom. The molecule has 12 heavy (non-hydrogen) atoms. The molecule has 0 saturated heterocycles. The second kappa shape index (κ2) is 2.59. The first-order chi connectivity index (χ1) is 5.70. The molecule has 3 heteroatoms. The highest BCUT2D eigenvalue weighted by molar-refractivity contribution is 9.10.